The molecule has 0 N–H and O–H groups in total. The van der Waals surface area contributed by atoms with Gasteiger partial charge in [-0.1, -0.05) is 65.8 Å². The van der Waals surface area contributed by atoms with Crippen molar-refractivity contribution in [2.45, 2.75) is 67.2 Å². The van der Waals surface area contributed by atoms with Crippen molar-refractivity contribution >= 4 is 17.0 Å². The Bertz CT molecular complexity index is 489. The molecule has 0 aromatic carbocycles. The van der Waals surface area contributed by atoms with Gasteiger partial charge in [-0.3, -0.25) is 0 Å². The Hall–Kier alpha value is 0.943. The van der Waals surface area contributed by atoms with Gasteiger partial charge in [-0.2, -0.15) is 0 Å². The molecule has 0 radical (unpaired) electrons. The van der Waals surface area contributed by atoms with E-state index in [2.05, 4.69) is 65.8 Å². The summed E-state index contributed by atoms with van der Waals surface area (Å²) in [5, 5.41) is 0. The van der Waals surface area contributed by atoms with Gasteiger partial charge in [0.05, 0.1) is 0 Å². The Balaban J connectivity index is 0.00000127. The standard InChI is InChI=1S/C22H36.2CH3.2ClH.Zr/c1-15-13-16-9-7-8-10-19(16)20(15)22(5,6)18-12-11-17(14-18)21(2,3)4;;;;;/h7-10,15-20H,11-14H2,1-6H3;2*1H3;2*1H;/q;2*-1;;;+4/p-2. The van der Waals surface area contributed by atoms with Gasteiger partial charge in [0, 0.05) is 0 Å². The fourth-order valence-electron chi connectivity index (χ4n) is 6.19. The van der Waals surface area contributed by atoms with E-state index in [0.29, 0.717) is 10.8 Å². The summed E-state index contributed by atoms with van der Waals surface area (Å²) >= 11 is -0.826. The van der Waals surface area contributed by atoms with E-state index in [1.807, 2.05) is 0 Å². The summed E-state index contributed by atoms with van der Waals surface area (Å²) < 4.78 is 0. The van der Waals surface area contributed by atoms with Gasteiger partial charge < -0.3 is 14.9 Å². The second-order valence-electron chi connectivity index (χ2n) is 10.2. The van der Waals surface area contributed by atoms with Crippen molar-refractivity contribution in [1.29, 1.82) is 0 Å². The summed E-state index contributed by atoms with van der Waals surface area (Å²) in [4.78, 5) is 0. The molecular weight excluding hydrogens is 450 g/mol. The fraction of sp³-hybridized carbons (Fsp3) is 0.750. The second kappa shape index (κ2) is 11.4. The summed E-state index contributed by atoms with van der Waals surface area (Å²) in [5.41, 5.74) is 0.969. The first kappa shape index (κ1) is 27.9. The minimum absolute atomic E-state index is 0. The number of fused-ring (bicyclic) bond motifs is 1. The molecule has 6 atom stereocenters. The molecule has 27 heavy (non-hydrogen) atoms. The van der Waals surface area contributed by atoms with Gasteiger partial charge >= 0.3 is 37.9 Å². The number of allylic oxidation sites excluding steroid dienone is 4. The molecule has 0 heterocycles. The Morgan fingerprint density at radius 3 is 1.89 bits per heavy atom. The van der Waals surface area contributed by atoms with E-state index in [4.69, 9.17) is 17.0 Å². The van der Waals surface area contributed by atoms with Crippen molar-refractivity contribution in [3.63, 3.8) is 0 Å². The first-order chi connectivity index (χ1) is 11.6. The molecule has 3 rings (SSSR count). The van der Waals surface area contributed by atoms with Gasteiger partial charge in [0.15, 0.2) is 0 Å². The number of halogens is 2. The summed E-state index contributed by atoms with van der Waals surface area (Å²) in [5.74, 6) is 5.18. The molecule has 3 aliphatic carbocycles. The van der Waals surface area contributed by atoms with E-state index in [-0.39, 0.29) is 14.9 Å². The zero-order valence-corrected chi connectivity index (χ0v) is 22.8. The van der Waals surface area contributed by atoms with Crippen molar-refractivity contribution in [1.82, 2.24) is 0 Å². The van der Waals surface area contributed by atoms with Crippen molar-refractivity contribution in [2.24, 2.45) is 46.3 Å². The summed E-state index contributed by atoms with van der Waals surface area (Å²) in [7, 11) is 9.87. The maximum absolute atomic E-state index is 4.93. The van der Waals surface area contributed by atoms with Crippen LogP contribution < -0.4 is 0 Å². The van der Waals surface area contributed by atoms with E-state index in [1.165, 1.54) is 25.7 Å². The van der Waals surface area contributed by atoms with E-state index >= 15 is 0 Å². The third-order valence-electron chi connectivity index (χ3n) is 7.54. The van der Waals surface area contributed by atoms with Crippen molar-refractivity contribution in [3.8, 4) is 0 Å². The number of hydrogen-bond donors (Lipinski definition) is 0. The molecule has 3 aliphatic rings. The van der Waals surface area contributed by atoms with Crippen LogP contribution in [0, 0.1) is 61.2 Å². The molecule has 0 nitrogen and oxygen atoms in total. The van der Waals surface area contributed by atoms with E-state index in [1.54, 1.807) is 0 Å². The van der Waals surface area contributed by atoms with Crippen LogP contribution in [0.15, 0.2) is 24.3 Å². The van der Waals surface area contributed by atoms with Crippen molar-refractivity contribution < 1.29 is 20.8 Å². The van der Waals surface area contributed by atoms with Gasteiger partial charge in [-0.25, -0.2) is 0 Å². The van der Waals surface area contributed by atoms with Crippen LogP contribution in [0.5, 0.6) is 0 Å². The van der Waals surface area contributed by atoms with Crippen LogP contribution >= 0.6 is 17.0 Å². The summed E-state index contributed by atoms with van der Waals surface area (Å²) in [6, 6.07) is 0. The average molecular weight is 493 g/mol. The SMILES string of the molecule is CC1CC2C=CC=CC2C1C(C)(C)C1CCC(C(C)(C)C)C1.[CH3-].[CH3-].[Cl][Zr+2][Cl]. The fourth-order valence-corrected chi connectivity index (χ4v) is 6.19. The zero-order chi connectivity index (χ0) is 18.8. The van der Waals surface area contributed by atoms with Crippen LogP contribution in [-0.2, 0) is 20.8 Å². The molecule has 0 saturated heterocycles. The van der Waals surface area contributed by atoms with Gasteiger partial charge in [-0.05, 0) is 72.0 Å². The van der Waals surface area contributed by atoms with Crippen molar-refractivity contribution in [3.05, 3.63) is 39.2 Å². The normalized spacial score (nSPS) is 34.5. The van der Waals surface area contributed by atoms with Gasteiger partial charge in [0.2, 0.25) is 0 Å². The molecular formula is C24H42Cl2Zr. The predicted molar refractivity (Wildman–Crippen MR) is 121 cm³/mol. The topological polar surface area (TPSA) is 0 Å². The predicted octanol–water partition coefficient (Wildman–Crippen LogP) is 8.77. The van der Waals surface area contributed by atoms with Gasteiger partial charge in [-0.15, -0.1) is 0 Å². The Kier molecular flexibility index (Phi) is 11.8. The summed E-state index contributed by atoms with van der Waals surface area (Å²) in [6.45, 7) is 15.0. The molecule has 2 fully saturated rings. The molecule has 0 aromatic heterocycles. The molecule has 0 aromatic rings. The third-order valence-corrected chi connectivity index (χ3v) is 7.54. The van der Waals surface area contributed by atoms with Crippen LogP contribution in [0.1, 0.15) is 67.2 Å². The summed E-state index contributed by atoms with van der Waals surface area (Å²) in [6.07, 6.45) is 15.3. The van der Waals surface area contributed by atoms with Gasteiger partial charge in [0.1, 0.15) is 0 Å². The second-order valence-corrected chi connectivity index (χ2v) is 13.9. The van der Waals surface area contributed by atoms with E-state index in [9.17, 15) is 0 Å². The quantitative estimate of drug-likeness (QED) is 0.338. The number of rotatable bonds is 2. The van der Waals surface area contributed by atoms with Crippen LogP contribution in [0.2, 0.25) is 0 Å². The van der Waals surface area contributed by atoms with Crippen molar-refractivity contribution in [2.75, 3.05) is 0 Å². The molecule has 0 aliphatic heterocycles. The van der Waals surface area contributed by atoms with Crippen LogP contribution in [0.4, 0.5) is 0 Å². The first-order valence-corrected chi connectivity index (χ1v) is 16.3. The molecule has 0 spiro atoms. The molecule has 6 unspecified atom stereocenters. The molecule has 3 heteroatoms. The number of hydrogen-bond acceptors (Lipinski definition) is 0. The third kappa shape index (κ3) is 6.46. The monoisotopic (exact) mass is 490 g/mol. The molecule has 156 valence electrons. The van der Waals surface area contributed by atoms with E-state index in [0.717, 1.165) is 35.5 Å². The zero-order valence-electron chi connectivity index (χ0n) is 18.9. The molecule has 0 bridgehead atoms. The van der Waals surface area contributed by atoms with Gasteiger partial charge in [0.25, 0.3) is 0 Å². The maximum atomic E-state index is 4.93. The first-order valence-electron chi connectivity index (χ1n) is 9.94. The Morgan fingerprint density at radius 1 is 0.852 bits per heavy atom. The average Bonchev–Trinajstić information content (AvgIpc) is 3.11. The minimum atomic E-state index is -0.826. The molecule has 2 saturated carbocycles. The van der Waals surface area contributed by atoms with Crippen LogP contribution in [0.3, 0.4) is 0 Å². The molecule has 0 amide bonds. The van der Waals surface area contributed by atoms with E-state index < -0.39 is 20.8 Å². The Labute approximate surface area is 189 Å². The van der Waals surface area contributed by atoms with Crippen LogP contribution in [-0.4, -0.2) is 0 Å². The van der Waals surface area contributed by atoms with Crippen LogP contribution in [0.25, 0.3) is 0 Å². The Morgan fingerprint density at radius 2 is 1.37 bits per heavy atom.